The van der Waals surface area contributed by atoms with Crippen molar-refractivity contribution >= 4 is 5.88 Å². The molecule has 18 heavy (non-hydrogen) atoms. The smallest absolute Gasteiger partial charge is 0.403 e. The Bertz CT molecular complexity index is 405. The largest absolute Gasteiger partial charge is 0.433 e. The van der Waals surface area contributed by atoms with Crippen molar-refractivity contribution in [3.63, 3.8) is 0 Å². The van der Waals surface area contributed by atoms with E-state index in [0.29, 0.717) is 30.7 Å². The molecule has 0 aliphatic heterocycles. The predicted molar refractivity (Wildman–Crippen MR) is 64.9 cm³/mol. The summed E-state index contributed by atoms with van der Waals surface area (Å²) < 4.78 is 10.6. The van der Waals surface area contributed by atoms with Crippen molar-refractivity contribution in [1.29, 1.82) is 0 Å². The van der Waals surface area contributed by atoms with Crippen molar-refractivity contribution in [1.82, 2.24) is 0 Å². The summed E-state index contributed by atoms with van der Waals surface area (Å²) in [7, 11) is 0. The van der Waals surface area contributed by atoms with Crippen molar-refractivity contribution < 1.29 is 14.1 Å². The second kappa shape index (κ2) is 5.97. The van der Waals surface area contributed by atoms with E-state index in [0.717, 1.165) is 6.42 Å². The van der Waals surface area contributed by atoms with E-state index < -0.39 is 4.92 Å². The Labute approximate surface area is 105 Å². The summed E-state index contributed by atoms with van der Waals surface area (Å²) in [5.41, 5.74) is 5.69. The maximum atomic E-state index is 10.4. The van der Waals surface area contributed by atoms with E-state index in [9.17, 15) is 10.1 Å². The van der Waals surface area contributed by atoms with Gasteiger partial charge in [0.15, 0.2) is 0 Å². The number of hydrogen-bond donors (Lipinski definition) is 1. The first-order valence-corrected chi connectivity index (χ1v) is 6.21. The highest BCUT2D eigenvalue weighted by atomic mass is 16.6. The van der Waals surface area contributed by atoms with Crippen molar-refractivity contribution in [3.05, 3.63) is 28.0 Å². The Kier molecular flexibility index (Phi) is 4.33. The first-order valence-electron chi connectivity index (χ1n) is 6.21. The molecule has 0 amide bonds. The van der Waals surface area contributed by atoms with E-state index in [-0.39, 0.29) is 12.5 Å². The van der Waals surface area contributed by atoms with Crippen molar-refractivity contribution in [2.45, 2.75) is 25.9 Å². The standard InChI is InChI=1S/C12H18N2O4/c13-6-9-2-1-3-10(9)7-17-8-11-4-5-12(18-11)14(15)16/h4-5,9-10H,1-3,6-8,13H2. The molecule has 1 aromatic rings. The molecule has 0 aromatic carbocycles. The van der Waals surface area contributed by atoms with Gasteiger partial charge in [-0.3, -0.25) is 10.1 Å². The second-order valence-corrected chi connectivity index (χ2v) is 4.70. The maximum absolute atomic E-state index is 10.4. The van der Waals surface area contributed by atoms with E-state index in [1.165, 1.54) is 18.9 Å². The molecule has 1 fully saturated rings. The first kappa shape index (κ1) is 13.0. The van der Waals surface area contributed by atoms with E-state index in [2.05, 4.69) is 0 Å². The van der Waals surface area contributed by atoms with Crippen LogP contribution in [0, 0.1) is 22.0 Å². The summed E-state index contributed by atoms with van der Waals surface area (Å²) in [5.74, 6) is 1.31. The van der Waals surface area contributed by atoms with Gasteiger partial charge >= 0.3 is 5.88 Å². The summed E-state index contributed by atoms with van der Waals surface area (Å²) in [6.45, 7) is 1.64. The van der Waals surface area contributed by atoms with Crippen LogP contribution in [0.3, 0.4) is 0 Å². The first-order chi connectivity index (χ1) is 8.70. The van der Waals surface area contributed by atoms with Crippen molar-refractivity contribution in [2.75, 3.05) is 13.2 Å². The molecule has 2 unspecified atom stereocenters. The summed E-state index contributed by atoms with van der Waals surface area (Å²) in [4.78, 5) is 9.89. The van der Waals surface area contributed by atoms with Crippen LogP contribution in [0.5, 0.6) is 0 Å². The zero-order valence-electron chi connectivity index (χ0n) is 10.2. The van der Waals surface area contributed by atoms with Gasteiger partial charge in [0.2, 0.25) is 0 Å². The molecule has 0 bridgehead atoms. The fourth-order valence-electron chi connectivity index (χ4n) is 2.50. The predicted octanol–water partition coefficient (Wildman–Crippen LogP) is 2.08. The highest BCUT2D eigenvalue weighted by molar-refractivity contribution is 5.17. The Morgan fingerprint density at radius 1 is 1.44 bits per heavy atom. The molecular weight excluding hydrogens is 236 g/mol. The van der Waals surface area contributed by atoms with Gasteiger partial charge in [-0.25, -0.2) is 0 Å². The molecule has 2 N–H and O–H groups in total. The Morgan fingerprint density at radius 3 is 2.89 bits per heavy atom. The molecule has 2 rings (SSSR count). The van der Waals surface area contributed by atoms with Crippen LogP contribution in [-0.4, -0.2) is 18.1 Å². The van der Waals surface area contributed by atoms with E-state index in [4.69, 9.17) is 14.9 Å². The van der Waals surface area contributed by atoms with Crippen LogP contribution in [0.2, 0.25) is 0 Å². The molecule has 1 heterocycles. The van der Waals surface area contributed by atoms with Gasteiger partial charge in [-0.15, -0.1) is 0 Å². The second-order valence-electron chi connectivity index (χ2n) is 4.70. The lowest BCUT2D eigenvalue weighted by Gasteiger charge is -2.17. The van der Waals surface area contributed by atoms with Gasteiger partial charge in [0.25, 0.3) is 0 Å². The molecule has 1 saturated carbocycles. The van der Waals surface area contributed by atoms with Crippen LogP contribution in [0.1, 0.15) is 25.0 Å². The Balaban J connectivity index is 1.76. The zero-order valence-corrected chi connectivity index (χ0v) is 10.2. The number of nitrogens with two attached hydrogens (primary N) is 1. The molecule has 6 heteroatoms. The summed E-state index contributed by atoms with van der Waals surface area (Å²) in [5, 5.41) is 10.4. The number of furan rings is 1. The van der Waals surface area contributed by atoms with Crippen LogP contribution < -0.4 is 5.73 Å². The SMILES string of the molecule is NCC1CCCC1COCc1ccc([N+](=O)[O-])o1. The van der Waals surface area contributed by atoms with Gasteiger partial charge in [0.1, 0.15) is 17.3 Å². The third kappa shape index (κ3) is 3.08. The van der Waals surface area contributed by atoms with Gasteiger partial charge < -0.3 is 14.9 Å². The van der Waals surface area contributed by atoms with Crippen LogP contribution in [0.25, 0.3) is 0 Å². The average Bonchev–Trinajstić information content (AvgIpc) is 2.97. The molecule has 1 aliphatic rings. The van der Waals surface area contributed by atoms with Crippen molar-refractivity contribution in [2.24, 2.45) is 17.6 Å². The third-order valence-corrected chi connectivity index (χ3v) is 3.52. The van der Waals surface area contributed by atoms with Crippen LogP contribution in [0.4, 0.5) is 5.88 Å². The molecule has 0 spiro atoms. The van der Waals surface area contributed by atoms with Crippen LogP contribution in [0.15, 0.2) is 16.5 Å². The molecular formula is C12H18N2O4. The topological polar surface area (TPSA) is 91.5 Å². The lowest BCUT2D eigenvalue weighted by atomic mass is 9.97. The minimum absolute atomic E-state index is 0.241. The molecule has 2 atom stereocenters. The quantitative estimate of drug-likeness (QED) is 0.619. The minimum atomic E-state index is -0.551. The van der Waals surface area contributed by atoms with Gasteiger partial charge in [-0.2, -0.15) is 0 Å². The van der Waals surface area contributed by atoms with Gasteiger partial charge in [-0.1, -0.05) is 6.42 Å². The van der Waals surface area contributed by atoms with Gasteiger partial charge in [0.05, 0.1) is 12.7 Å². The van der Waals surface area contributed by atoms with E-state index >= 15 is 0 Å². The number of nitro groups is 1. The van der Waals surface area contributed by atoms with Crippen LogP contribution >= 0.6 is 0 Å². The summed E-state index contributed by atoms with van der Waals surface area (Å²) >= 11 is 0. The lowest BCUT2D eigenvalue weighted by molar-refractivity contribution is -0.402. The highest BCUT2D eigenvalue weighted by Crippen LogP contribution is 2.31. The Hall–Kier alpha value is -1.40. The number of nitrogens with zero attached hydrogens (tertiary/aromatic N) is 1. The molecule has 0 saturated heterocycles. The fourth-order valence-corrected chi connectivity index (χ4v) is 2.50. The lowest BCUT2D eigenvalue weighted by Crippen LogP contribution is -2.22. The van der Waals surface area contributed by atoms with E-state index in [1.807, 2.05) is 0 Å². The monoisotopic (exact) mass is 254 g/mol. The number of ether oxygens (including phenoxy) is 1. The van der Waals surface area contributed by atoms with Gasteiger partial charge in [-0.05, 0) is 37.3 Å². The number of hydrogen-bond acceptors (Lipinski definition) is 5. The summed E-state index contributed by atoms with van der Waals surface area (Å²) in [6, 6.07) is 2.92. The molecule has 100 valence electrons. The van der Waals surface area contributed by atoms with Crippen molar-refractivity contribution in [3.8, 4) is 0 Å². The normalized spacial score (nSPS) is 23.4. The summed E-state index contributed by atoms with van der Waals surface area (Å²) in [6.07, 6.45) is 3.54. The number of rotatable bonds is 6. The highest BCUT2D eigenvalue weighted by Gasteiger charge is 2.26. The average molecular weight is 254 g/mol. The Morgan fingerprint density at radius 2 is 2.22 bits per heavy atom. The molecule has 0 radical (unpaired) electrons. The zero-order chi connectivity index (χ0) is 13.0. The van der Waals surface area contributed by atoms with E-state index in [1.54, 1.807) is 6.07 Å². The minimum Gasteiger partial charge on any atom is -0.403 e. The molecule has 6 nitrogen and oxygen atoms in total. The third-order valence-electron chi connectivity index (χ3n) is 3.52. The van der Waals surface area contributed by atoms with Gasteiger partial charge in [0, 0.05) is 0 Å². The van der Waals surface area contributed by atoms with Crippen LogP contribution in [-0.2, 0) is 11.3 Å². The maximum Gasteiger partial charge on any atom is 0.433 e. The molecule has 1 aliphatic carbocycles. The fraction of sp³-hybridized carbons (Fsp3) is 0.667. The molecule has 1 aromatic heterocycles.